The number of pyridine rings is 1. The minimum absolute atomic E-state index is 0.0641. The summed E-state index contributed by atoms with van der Waals surface area (Å²) in [5.41, 5.74) is 2.50. The first-order valence-electron chi connectivity index (χ1n) is 11.5. The van der Waals surface area contributed by atoms with Crippen LogP contribution < -0.4 is 16.3 Å². The van der Waals surface area contributed by atoms with Gasteiger partial charge in [-0.3, -0.25) is 9.79 Å². The number of amides is 1. The smallest absolute Gasteiger partial charge is 0.369 e. The molecule has 11 heteroatoms. The van der Waals surface area contributed by atoms with Crippen molar-refractivity contribution >= 4 is 17.4 Å². The van der Waals surface area contributed by atoms with Crippen LogP contribution in [0.5, 0.6) is 0 Å². The van der Waals surface area contributed by atoms with E-state index in [4.69, 9.17) is 0 Å². The maximum absolute atomic E-state index is 14.9. The van der Waals surface area contributed by atoms with Gasteiger partial charge in [0.2, 0.25) is 11.5 Å². The highest BCUT2D eigenvalue weighted by Gasteiger charge is 2.30. The number of carbonyl (C=O) groups excluding carboxylic acids is 1. The van der Waals surface area contributed by atoms with E-state index < -0.39 is 23.5 Å². The van der Waals surface area contributed by atoms with Crippen LogP contribution in [0.25, 0.3) is 22.5 Å². The number of aryl methyl sites for hydroxylation is 1. The van der Waals surface area contributed by atoms with Crippen molar-refractivity contribution in [2.75, 3.05) is 24.2 Å². The number of carbonyl (C=O) groups is 1. The average molecular weight is 510 g/mol. The molecule has 0 aromatic heterocycles. The number of rotatable bonds is 4. The number of hydrogen-bond donors (Lipinski definition) is 2. The molecule has 3 aliphatic rings. The van der Waals surface area contributed by atoms with Gasteiger partial charge in [0.1, 0.15) is 17.5 Å². The van der Waals surface area contributed by atoms with Crippen LogP contribution in [0.4, 0.5) is 29.1 Å². The minimum atomic E-state index is -4.52. The number of halogens is 4. The number of nitrogens with one attached hydrogen (secondary N) is 2. The van der Waals surface area contributed by atoms with Crippen molar-refractivity contribution in [1.82, 2.24) is 14.5 Å². The number of nitrogens with zero attached hydrogens (tertiary/aromatic N) is 4. The molecular weight excluding hydrogens is 488 g/mol. The van der Waals surface area contributed by atoms with Crippen LogP contribution in [0.2, 0.25) is 0 Å². The lowest BCUT2D eigenvalue weighted by Gasteiger charge is -2.19. The van der Waals surface area contributed by atoms with E-state index >= 15 is 0 Å². The molecule has 0 atom stereocenters. The molecule has 0 radical (unpaired) electrons. The Hall–Kier alpha value is -4.28. The van der Waals surface area contributed by atoms with Gasteiger partial charge in [-0.15, -0.1) is 0 Å². The molecule has 3 heterocycles. The molecule has 0 saturated heterocycles. The second-order valence-corrected chi connectivity index (χ2v) is 8.73. The third-order valence-electron chi connectivity index (χ3n) is 6.19. The van der Waals surface area contributed by atoms with Crippen LogP contribution in [0.1, 0.15) is 16.7 Å². The summed E-state index contributed by atoms with van der Waals surface area (Å²) in [7, 11) is 1.61. The third kappa shape index (κ3) is 4.76. The predicted octanol–water partition coefficient (Wildman–Crippen LogP) is 4.65. The van der Waals surface area contributed by atoms with Gasteiger partial charge in [0.25, 0.3) is 0 Å². The SMILES string of the molecule is CN=c1ncc2cc(-c3cc(NC(=O)Cc4cccc(C(F)(F)F)c4)c(F)cc3C)c3n(c-2n1)CCN3. The highest BCUT2D eigenvalue weighted by Crippen LogP contribution is 2.39. The van der Waals surface area contributed by atoms with E-state index in [9.17, 15) is 22.4 Å². The lowest BCUT2D eigenvalue weighted by atomic mass is 9.97. The number of benzene rings is 2. The lowest BCUT2D eigenvalue weighted by molar-refractivity contribution is -0.137. The lowest BCUT2D eigenvalue weighted by Crippen LogP contribution is -2.17. The number of alkyl halides is 3. The largest absolute Gasteiger partial charge is 0.416 e. The van der Waals surface area contributed by atoms with Gasteiger partial charge in [-0.1, -0.05) is 18.2 Å². The molecule has 7 nitrogen and oxygen atoms in total. The fraction of sp³-hybridized carbons (Fsp3) is 0.231. The first-order valence-corrected chi connectivity index (χ1v) is 11.5. The summed E-state index contributed by atoms with van der Waals surface area (Å²) in [4.78, 5) is 25.4. The molecule has 2 aromatic rings. The highest BCUT2D eigenvalue weighted by atomic mass is 19.4. The van der Waals surface area contributed by atoms with E-state index in [2.05, 4.69) is 25.6 Å². The molecule has 37 heavy (non-hydrogen) atoms. The van der Waals surface area contributed by atoms with E-state index in [0.717, 1.165) is 29.1 Å². The van der Waals surface area contributed by atoms with Gasteiger partial charge in [0, 0.05) is 37.5 Å². The van der Waals surface area contributed by atoms with Crippen LogP contribution >= 0.6 is 0 Å². The summed E-state index contributed by atoms with van der Waals surface area (Å²) in [6.45, 7) is 3.11. The Labute approximate surface area is 209 Å². The molecule has 0 fully saturated rings. The second kappa shape index (κ2) is 9.30. The van der Waals surface area contributed by atoms with Crippen LogP contribution in [-0.4, -0.2) is 34.0 Å². The van der Waals surface area contributed by atoms with Crippen molar-refractivity contribution in [3.05, 3.63) is 76.8 Å². The van der Waals surface area contributed by atoms with Gasteiger partial charge >= 0.3 is 6.18 Å². The predicted molar refractivity (Wildman–Crippen MR) is 131 cm³/mol. The normalized spacial score (nSPS) is 13.5. The third-order valence-corrected chi connectivity index (χ3v) is 6.19. The van der Waals surface area contributed by atoms with Crippen LogP contribution in [0.15, 0.2) is 53.7 Å². The highest BCUT2D eigenvalue weighted by molar-refractivity contribution is 5.94. The van der Waals surface area contributed by atoms with Crippen LogP contribution in [-0.2, 0) is 23.9 Å². The van der Waals surface area contributed by atoms with Crippen molar-refractivity contribution in [1.29, 1.82) is 0 Å². The molecule has 3 aliphatic heterocycles. The maximum Gasteiger partial charge on any atom is 0.416 e. The first kappa shape index (κ1) is 24.4. The Morgan fingerprint density at radius 2 is 2.00 bits per heavy atom. The van der Waals surface area contributed by atoms with E-state index in [0.29, 0.717) is 35.7 Å². The monoisotopic (exact) mass is 510 g/mol. The molecule has 0 spiro atoms. The van der Waals surface area contributed by atoms with E-state index in [-0.39, 0.29) is 17.7 Å². The summed E-state index contributed by atoms with van der Waals surface area (Å²) in [6, 6.07) is 9.26. The van der Waals surface area contributed by atoms with Gasteiger partial charge in [0.15, 0.2) is 0 Å². The summed E-state index contributed by atoms with van der Waals surface area (Å²) >= 11 is 0. The molecule has 190 valence electrons. The molecule has 5 rings (SSSR count). The molecule has 0 unspecified atom stereocenters. The number of aromatic nitrogens is 3. The molecule has 1 amide bonds. The Balaban J connectivity index is 1.50. The number of fused-ring (bicyclic) bond motifs is 3. The zero-order valence-electron chi connectivity index (χ0n) is 19.9. The number of hydrogen-bond acceptors (Lipinski definition) is 5. The van der Waals surface area contributed by atoms with Crippen molar-refractivity contribution in [2.45, 2.75) is 26.1 Å². The van der Waals surface area contributed by atoms with Gasteiger partial charge in [-0.05, 0) is 47.9 Å². The van der Waals surface area contributed by atoms with E-state index in [1.54, 1.807) is 20.2 Å². The zero-order valence-corrected chi connectivity index (χ0v) is 19.9. The molecule has 0 aliphatic carbocycles. The fourth-order valence-corrected chi connectivity index (χ4v) is 4.47. The first-order chi connectivity index (χ1) is 17.6. The van der Waals surface area contributed by atoms with Gasteiger partial charge in [-0.25, -0.2) is 9.37 Å². The molecule has 0 saturated carbocycles. The second-order valence-electron chi connectivity index (χ2n) is 8.73. The van der Waals surface area contributed by atoms with Gasteiger partial charge in [-0.2, -0.15) is 18.2 Å². The van der Waals surface area contributed by atoms with Crippen molar-refractivity contribution in [3.8, 4) is 22.5 Å². The van der Waals surface area contributed by atoms with Crippen molar-refractivity contribution < 1.29 is 22.4 Å². The summed E-state index contributed by atoms with van der Waals surface area (Å²) in [6.07, 6.45) is -3.18. The van der Waals surface area contributed by atoms with Gasteiger partial charge in [0.05, 0.1) is 17.7 Å². The molecular formula is C26H22F4N6O. The summed E-state index contributed by atoms with van der Waals surface area (Å²) in [5, 5.41) is 5.86. The summed E-state index contributed by atoms with van der Waals surface area (Å²) < 4.78 is 55.9. The Morgan fingerprint density at radius 1 is 1.19 bits per heavy atom. The van der Waals surface area contributed by atoms with Crippen LogP contribution in [0, 0.1) is 12.7 Å². The van der Waals surface area contributed by atoms with Crippen LogP contribution in [0.3, 0.4) is 0 Å². The van der Waals surface area contributed by atoms with Crippen molar-refractivity contribution in [2.24, 2.45) is 4.99 Å². The fourth-order valence-electron chi connectivity index (χ4n) is 4.47. The minimum Gasteiger partial charge on any atom is -0.369 e. The Morgan fingerprint density at radius 3 is 2.76 bits per heavy atom. The standard InChI is InChI=1S/C26H22F4N6O/c1-14-8-20(27)21(34-22(37)10-15-4-3-5-17(9-15)26(28,29)30)12-18(14)19-11-16-13-33-25(31-2)35-23(16)36-7-6-32-24(19)36/h3-5,8-9,11-13,32H,6-7,10H2,1-2H3,(H,34,37). The van der Waals surface area contributed by atoms with Gasteiger partial charge < -0.3 is 15.2 Å². The molecule has 2 N–H and O–H groups in total. The Kier molecular flexibility index (Phi) is 6.14. The van der Waals surface area contributed by atoms with Crippen molar-refractivity contribution in [3.63, 3.8) is 0 Å². The number of anilines is 2. The zero-order chi connectivity index (χ0) is 26.3. The topological polar surface area (TPSA) is 84.2 Å². The molecule has 0 bridgehead atoms. The Bertz CT molecular complexity index is 1560. The quantitative estimate of drug-likeness (QED) is 0.392. The van der Waals surface area contributed by atoms with E-state index in [1.807, 2.05) is 10.6 Å². The molecule has 2 aromatic carbocycles. The maximum atomic E-state index is 14.9. The van der Waals surface area contributed by atoms with E-state index in [1.165, 1.54) is 24.3 Å². The average Bonchev–Trinajstić information content (AvgIpc) is 3.35. The summed E-state index contributed by atoms with van der Waals surface area (Å²) in [5.74, 6) is 0.237.